The van der Waals surface area contributed by atoms with Crippen LogP contribution in [0.3, 0.4) is 0 Å². The summed E-state index contributed by atoms with van der Waals surface area (Å²) < 4.78 is 32.0. The van der Waals surface area contributed by atoms with E-state index in [0.29, 0.717) is 11.3 Å². The van der Waals surface area contributed by atoms with Gasteiger partial charge < -0.3 is 10.3 Å². The van der Waals surface area contributed by atoms with Crippen LogP contribution in [-0.4, -0.2) is 20.1 Å². The standard InChI is InChI=1S/C14H15N3O3S/c1-11-4-5-14(12(9-11)3-2-7-15)21(18,19)17-10-13-6-8-16-20-13/h4-6,8-9,17H,7,10,15H2,1H3. The number of hydrogen-bond acceptors (Lipinski definition) is 5. The van der Waals surface area contributed by atoms with E-state index in [-0.39, 0.29) is 18.0 Å². The monoisotopic (exact) mass is 305 g/mol. The molecule has 0 radical (unpaired) electrons. The van der Waals surface area contributed by atoms with Gasteiger partial charge in [-0.1, -0.05) is 23.1 Å². The van der Waals surface area contributed by atoms with E-state index in [2.05, 4.69) is 21.7 Å². The van der Waals surface area contributed by atoms with Gasteiger partial charge in [-0.15, -0.1) is 0 Å². The summed E-state index contributed by atoms with van der Waals surface area (Å²) in [7, 11) is -3.70. The van der Waals surface area contributed by atoms with Gasteiger partial charge in [-0.3, -0.25) is 0 Å². The minimum atomic E-state index is -3.70. The van der Waals surface area contributed by atoms with E-state index in [0.717, 1.165) is 5.56 Å². The van der Waals surface area contributed by atoms with E-state index >= 15 is 0 Å². The fourth-order valence-electron chi connectivity index (χ4n) is 1.70. The minimum absolute atomic E-state index is 0.0277. The third kappa shape index (κ3) is 3.92. The second-order valence-corrected chi connectivity index (χ2v) is 6.04. The van der Waals surface area contributed by atoms with Crippen LogP contribution in [0.15, 0.2) is 39.9 Å². The third-order valence-electron chi connectivity index (χ3n) is 2.68. The van der Waals surface area contributed by atoms with Crippen molar-refractivity contribution in [3.63, 3.8) is 0 Å². The molecule has 0 saturated carbocycles. The maximum atomic E-state index is 12.4. The number of hydrogen-bond donors (Lipinski definition) is 2. The molecule has 7 heteroatoms. The number of sulfonamides is 1. The van der Waals surface area contributed by atoms with Crippen LogP contribution in [0.1, 0.15) is 16.9 Å². The fourth-order valence-corrected chi connectivity index (χ4v) is 2.83. The molecule has 0 aliphatic rings. The maximum Gasteiger partial charge on any atom is 0.242 e. The fraction of sp³-hybridized carbons (Fsp3) is 0.214. The molecule has 1 aromatic heterocycles. The Hall–Kier alpha value is -2.14. The van der Waals surface area contributed by atoms with Gasteiger partial charge in [0.25, 0.3) is 0 Å². The summed E-state index contributed by atoms with van der Waals surface area (Å²) in [5, 5.41) is 3.52. The number of nitrogens with two attached hydrogens (primary N) is 1. The molecule has 1 aromatic carbocycles. The lowest BCUT2D eigenvalue weighted by molar-refractivity contribution is 0.380. The molecule has 21 heavy (non-hydrogen) atoms. The Balaban J connectivity index is 2.30. The zero-order chi connectivity index (χ0) is 15.3. The number of nitrogens with one attached hydrogen (secondary N) is 1. The number of nitrogens with zero attached hydrogens (tertiary/aromatic N) is 1. The Bertz CT molecular complexity index is 772. The molecule has 0 amide bonds. The van der Waals surface area contributed by atoms with Gasteiger partial charge >= 0.3 is 0 Å². The van der Waals surface area contributed by atoms with Crippen LogP contribution < -0.4 is 10.5 Å². The summed E-state index contributed by atoms with van der Waals surface area (Å²) in [5.74, 6) is 5.88. The molecule has 3 N–H and O–H groups in total. The molecule has 2 aromatic rings. The Morgan fingerprint density at radius 2 is 2.19 bits per heavy atom. The molecule has 0 spiro atoms. The highest BCUT2D eigenvalue weighted by Gasteiger charge is 2.18. The maximum absolute atomic E-state index is 12.4. The first kappa shape index (κ1) is 15.3. The molecule has 6 nitrogen and oxygen atoms in total. The normalized spacial score (nSPS) is 11.0. The van der Waals surface area contributed by atoms with Crippen molar-refractivity contribution in [2.24, 2.45) is 5.73 Å². The van der Waals surface area contributed by atoms with Crippen LogP contribution in [0.4, 0.5) is 0 Å². The average molecular weight is 305 g/mol. The molecule has 0 fully saturated rings. The van der Waals surface area contributed by atoms with Crippen LogP contribution in [0.5, 0.6) is 0 Å². The van der Waals surface area contributed by atoms with Crippen molar-refractivity contribution in [3.8, 4) is 11.8 Å². The number of rotatable bonds is 4. The van der Waals surface area contributed by atoms with Gasteiger partial charge in [-0.05, 0) is 24.6 Å². The highest BCUT2D eigenvalue weighted by Crippen LogP contribution is 2.17. The largest absolute Gasteiger partial charge is 0.360 e. The molecule has 0 atom stereocenters. The lowest BCUT2D eigenvalue weighted by Gasteiger charge is -2.08. The summed E-state index contributed by atoms with van der Waals surface area (Å²) in [6.07, 6.45) is 1.45. The van der Waals surface area contributed by atoms with E-state index in [1.165, 1.54) is 12.3 Å². The Labute approximate surface area is 123 Å². The van der Waals surface area contributed by atoms with Gasteiger partial charge in [0.15, 0.2) is 5.76 Å². The molecular formula is C14H15N3O3S. The molecule has 2 rings (SSSR count). The molecule has 0 unspecified atom stereocenters. The van der Waals surface area contributed by atoms with Gasteiger partial charge in [-0.25, -0.2) is 13.1 Å². The van der Waals surface area contributed by atoms with Crippen molar-refractivity contribution in [2.75, 3.05) is 6.54 Å². The number of benzene rings is 1. The minimum Gasteiger partial charge on any atom is -0.360 e. The van der Waals surface area contributed by atoms with Crippen molar-refractivity contribution in [2.45, 2.75) is 18.4 Å². The Kier molecular flexibility index (Phi) is 4.75. The van der Waals surface area contributed by atoms with E-state index < -0.39 is 10.0 Å². The number of aromatic nitrogens is 1. The Morgan fingerprint density at radius 3 is 2.86 bits per heavy atom. The van der Waals surface area contributed by atoms with E-state index in [4.69, 9.17) is 10.3 Å². The average Bonchev–Trinajstić information content (AvgIpc) is 2.96. The van der Waals surface area contributed by atoms with E-state index in [1.54, 1.807) is 18.2 Å². The third-order valence-corrected chi connectivity index (χ3v) is 4.14. The molecule has 0 aliphatic carbocycles. The van der Waals surface area contributed by atoms with Crippen molar-refractivity contribution in [3.05, 3.63) is 47.3 Å². The quantitative estimate of drug-likeness (QED) is 0.813. The predicted octanol–water partition coefficient (Wildman–Crippen LogP) is 0.772. The topological polar surface area (TPSA) is 98.2 Å². The van der Waals surface area contributed by atoms with Crippen molar-refractivity contribution < 1.29 is 12.9 Å². The smallest absolute Gasteiger partial charge is 0.242 e. The lowest BCUT2D eigenvalue weighted by atomic mass is 10.1. The lowest BCUT2D eigenvalue weighted by Crippen LogP contribution is -2.24. The molecule has 0 bridgehead atoms. The van der Waals surface area contributed by atoms with Crippen molar-refractivity contribution >= 4 is 10.0 Å². The zero-order valence-electron chi connectivity index (χ0n) is 11.5. The first-order valence-electron chi connectivity index (χ1n) is 6.22. The second-order valence-electron chi connectivity index (χ2n) is 4.31. The Morgan fingerprint density at radius 1 is 1.38 bits per heavy atom. The highest BCUT2D eigenvalue weighted by atomic mass is 32.2. The second kappa shape index (κ2) is 6.54. The van der Waals surface area contributed by atoms with Gasteiger partial charge in [0.2, 0.25) is 10.0 Å². The van der Waals surface area contributed by atoms with Crippen LogP contribution in [-0.2, 0) is 16.6 Å². The summed E-state index contributed by atoms with van der Waals surface area (Å²) in [6.45, 7) is 2.06. The molecule has 1 heterocycles. The molecular weight excluding hydrogens is 290 g/mol. The summed E-state index contributed by atoms with van der Waals surface area (Å²) in [5.41, 5.74) is 6.68. The predicted molar refractivity (Wildman–Crippen MR) is 77.6 cm³/mol. The van der Waals surface area contributed by atoms with Gasteiger partial charge in [-0.2, -0.15) is 0 Å². The van der Waals surface area contributed by atoms with Crippen molar-refractivity contribution in [1.82, 2.24) is 9.88 Å². The van der Waals surface area contributed by atoms with Crippen LogP contribution in [0.2, 0.25) is 0 Å². The first-order chi connectivity index (χ1) is 10.0. The first-order valence-corrected chi connectivity index (χ1v) is 7.70. The van der Waals surface area contributed by atoms with Crippen LogP contribution in [0.25, 0.3) is 0 Å². The molecule has 0 saturated heterocycles. The van der Waals surface area contributed by atoms with Crippen LogP contribution >= 0.6 is 0 Å². The van der Waals surface area contributed by atoms with E-state index in [1.807, 2.05) is 6.92 Å². The van der Waals surface area contributed by atoms with Crippen LogP contribution in [0, 0.1) is 18.8 Å². The highest BCUT2D eigenvalue weighted by molar-refractivity contribution is 7.89. The molecule has 0 aliphatic heterocycles. The van der Waals surface area contributed by atoms with E-state index in [9.17, 15) is 8.42 Å². The molecule has 110 valence electrons. The number of aryl methyl sites for hydroxylation is 1. The van der Waals surface area contributed by atoms with Gasteiger partial charge in [0.1, 0.15) is 0 Å². The van der Waals surface area contributed by atoms with Gasteiger partial charge in [0.05, 0.1) is 24.2 Å². The summed E-state index contributed by atoms with van der Waals surface area (Å²) >= 11 is 0. The summed E-state index contributed by atoms with van der Waals surface area (Å²) in [4.78, 5) is 0.119. The zero-order valence-corrected chi connectivity index (χ0v) is 12.3. The SMILES string of the molecule is Cc1ccc(S(=O)(=O)NCc2ccno2)c(C#CCN)c1. The van der Waals surface area contributed by atoms with Gasteiger partial charge in [0, 0.05) is 11.6 Å². The summed E-state index contributed by atoms with van der Waals surface area (Å²) in [6, 6.07) is 6.55. The van der Waals surface area contributed by atoms with Crippen molar-refractivity contribution in [1.29, 1.82) is 0 Å².